The third-order valence-corrected chi connectivity index (χ3v) is 3.15. The molecule has 0 aliphatic rings. The van der Waals surface area contributed by atoms with Gasteiger partial charge in [-0.25, -0.2) is 4.68 Å². The van der Waals surface area contributed by atoms with Gasteiger partial charge in [0.1, 0.15) is 0 Å². The smallest absolute Gasteiger partial charge is 0.303 e. The van der Waals surface area contributed by atoms with Crippen molar-refractivity contribution in [2.45, 2.75) is 12.8 Å². The second-order valence-corrected chi connectivity index (χ2v) is 4.55. The molecule has 5 nitrogen and oxygen atoms in total. The van der Waals surface area contributed by atoms with Gasteiger partial charge in [0.25, 0.3) is 0 Å². The highest BCUT2D eigenvalue weighted by molar-refractivity contribution is 5.89. The average Bonchev–Trinajstić information content (AvgIpc) is 2.93. The van der Waals surface area contributed by atoms with Gasteiger partial charge in [0.2, 0.25) is 0 Å². The van der Waals surface area contributed by atoms with E-state index in [1.165, 1.54) is 0 Å². The van der Waals surface area contributed by atoms with Gasteiger partial charge in [-0.2, -0.15) is 0 Å². The van der Waals surface area contributed by atoms with Crippen LogP contribution < -0.4 is 0 Å². The molecule has 0 aliphatic carbocycles. The lowest BCUT2D eigenvalue weighted by Gasteiger charge is -2.05. The van der Waals surface area contributed by atoms with Crippen molar-refractivity contribution in [1.82, 2.24) is 15.0 Å². The van der Waals surface area contributed by atoms with E-state index in [9.17, 15) is 4.79 Å². The molecule has 0 amide bonds. The van der Waals surface area contributed by atoms with Crippen molar-refractivity contribution in [3.63, 3.8) is 0 Å². The maximum atomic E-state index is 10.6. The Morgan fingerprint density at radius 1 is 1.15 bits per heavy atom. The van der Waals surface area contributed by atoms with E-state index in [4.69, 9.17) is 5.11 Å². The van der Waals surface area contributed by atoms with Crippen LogP contribution in [0, 0.1) is 0 Å². The van der Waals surface area contributed by atoms with Crippen molar-refractivity contribution >= 4 is 16.7 Å². The number of carboxylic acids is 1. The number of aromatic nitrogens is 3. The average molecular weight is 267 g/mol. The Balaban J connectivity index is 1.97. The van der Waals surface area contributed by atoms with Gasteiger partial charge < -0.3 is 5.11 Å². The summed E-state index contributed by atoms with van der Waals surface area (Å²) in [5.74, 6) is -0.829. The first-order valence-corrected chi connectivity index (χ1v) is 6.35. The molecule has 20 heavy (non-hydrogen) atoms. The second-order valence-electron chi connectivity index (χ2n) is 4.55. The van der Waals surface area contributed by atoms with Crippen LogP contribution in [0.3, 0.4) is 0 Å². The number of rotatable bonds is 4. The maximum absolute atomic E-state index is 10.6. The number of carboxylic acid groups (broad SMARTS) is 1. The number of carbonyl (C=O) groups is 1. The fourth-order valence-electron chi connectivity index (χ4n) is 2.17. The third-order valence-electron chi connectivity index (χ3n) is 3.15. The predicted molar refractivity (Wildman–Crippen MR) is 74.8 cm³/mol. The number of aryl methyl sites for hydroxylation is 1. The first-order valence-electron chi connectivity index (χ1n) is 6.35. The van der Waals surface area contributed by atoms with Gasteiger partial charge in [0, 0.05) is 11.8 Å². The molecule has 0 aliphatic heterocycles. The lowest BCUT2D eigenvalue weighted by Crippen LogP contribution is -1.97. The van der Waals surface area contributed by atoms with Crippen LogP contribution in [0.5, 0.6) is 0 Å². The number of benzene rings is 2. The van der Waals surface area contributed by atoms with Gasteiger partial charge in [0.15, 0.2) is 0 Å². The number of hydrogen-bond acceptors (Lipinski definition) is 3. The number of hydrogen-bond donors (Lipinski definition) is 1. The summed E-state index contributed by atoms with van der Waals surface area (Å²) in [5.41, 5.74) is 1.62. The summed E-state index contributed by atoms with van der Waals surface area (Å²) in [4.78, 5) is 10.6. The highest BCUT2D eigenvalue weighted by Gasteiger charge is 2.07. The minimum absolute atomic E-state index is 0.0637. The van der Waals surface area contributed by atoms with Gasteiger partial charge in [-0.05, 0) is 11.5 Å². The zero-order valence-electron chi connectivity index (χ0n) is 10.7. The summed E-state index contributed by atoms with van der Waals surface area (Å²) in [5, 5.41) is 19.0. The molecule has 0 spiro atoms. The molecule has 0 saturated carbocycles. The first-order chi connectivity index (χ1) is 9.74. The van der Waals surface area contributed by atoms with Crippen LogP contribution in [-0.4, -0.2) is 26.1 Å². The van der Waals surface area contributed by atoms with E-state index < -0.39 is 5.97 Å². The maximum Gasteiger partial charge on any atom is 0.303 e. The van der Waals surface area contributed by atoms with Crippen molar-refractivity contribution in [3.8, 4) is 5.69 Å². The minimum atomic E-state index is -0.829. The van der Waals surface area contributed by atoms with Crippen molar-refractivity contribution in [1.29, 1.82) is 0 Å². The molecule has 0 atom stereocenters. The van der Waals surface area contributed by atoms with Crippen LogP contribution >= 0.6 is 0 Å². The van der Waals surface area contributed by atoms with Crippen LogP contribution in [-0.2, 0) is 11.2 Å². The van der Waals surface area contributed by atoms with E-state index in [2.05, 4.69) is 10.3 Å². The molecule has 0 fully saturated rings. The van der Waals surface area contributed by atoms with Gasteiger partial charge >= 0.3 is 5.97 Å². The highest BCUT2D eigenvalue weighted by Crippen LogP contribution is 2.21. The van der Waals surface area contributed by atoms with E-state index in [0.29, 0.717) is 12.1 Å². The van der Waals surface area contributed by atoms with E-state index in [1.54, 1.807) is 10.9 Å². The SMILES string of the molecule is O=C(O)CCc1cn(-c2cccc3ccccc23)nn1. The molecule has 0 bridgehead atoms. The Morgan fingerprint density at radius 2 is 1.95 bits per heavy atom. The van der Waals surface area contributed by atoms with Crippen LogP contribution in [0.2, 0.25) is 0 Å². The normalized spacial score (nSPS) is 10.8. The fourth-order valence-corrected chi connectivity index (χ4v) is 2.17. The lowest BCUT2D eigenvalue weighted by atomic mass is 10.1. The summed E-state index contributed by atoms with van der Waals surface area (Å²) in [6, 6.07) is 14.0. The zero-order chi connectivity index (χ0) is 13.9. The van der Waals surface area contributed by atoms with E-state index >= 15 is 0 Å². The summed E-state index contributed by atoms with van der Waals surface area (Å²) in [6.07, 6.45) is 2.24. The fraction of sp³-hybridized carbons (Fsp3) is 0.133. The van der Waals surface area contributed by atoms with Crippen molar-refractivity contribution in [3.05, 3.63) is 54.4 Å². The Hall–Kier alpha value is -2.69. The second kappa shape index (κ2) is 5.13. The number of fused-ring (bicyclic) bond motifs is 1. The van der Waals surface area contributed by atoms with E-state index in [-0.39, 0.29) is 6.42 Å². The highest BCUT2D eigenvalue weighted by atomic mass is 16.4. The van der Waals surface area contributed by atoms with Crippen LogP contribution in [0.4, 0.5) is 0 Å². The molecule has 3 aromatic rings. The molecule has 0 saturated heterocycles. The molecule has 1 N–H and O–H groups in total. The standard InChI is InChI=1S/C15H13N3O2/c19-15(20)9-8-12-10-18(17-16-12)14-7-3-5-11-4-1-2-6-13(11)14/h1-7,10H,8-9H2,(H,19,20). The lowest BCUT2D eigenvalue weighted by molar-refractivity contribution is -0.136. The first kappa shape index (κ1) is 12.3. The van der Waals surface area contributed by atoms with Gasteiger partial charge in [-0.15, -0.1) is 5.10 Å². The largest absolute Gasteiger partial charge is 0.481 e. The van der Waals surface area contributed by atoms with Crippen molar-refractivity contribution in [2.24, 2.45) is 0 Å². The summed E-state index contributed by atoms with van der Waals surface area (Å²) in [7, 11) is 0. The molecule has 100 valence electrons. The zero-order valence-corrected chi connectivity index (χ0v) is 10.7. The predicted octanol–water partition coefficient (Wildman–Crippen LogP) is 2.44. The van der Waals surface area contributed by atoms with Crippen LogP contribution in [0.1, 0.15) is 12.1 Å². The van der Waals surface area contributed by atoms with Crippen LogP contribution in [0.15, 0.2) is 48.7 Å². The third kappa shape index (κ3) is 2.38. The van der Waals surface area contributed by atoms with Gasteiger partial charge in [0.05, 0.1) is 24.0 Å². The monoisotopic (exact) mass is 267 g/mol. The molecule has 1 aromatic heterocycles. The molecule has 5 heteroatoms. The van der Waals surface area contributed by atoms with E-state index in [1.807, 2.05) is 42.5 Å². The molecule has 0 radical (unpaired) electrons. The Morgan fingerprint density at radius 3 is 2.80 bits per heavy atom. The summed E-state index contributed by atoms with van der Waals surface area (Å²) >= 11 is 0. The molecule has 3 rings (SSSR count). The topological polar surface area (TPSA) is 68.0 Å². The molecule has 1 heterocycles. The summed E-state index contributed by atoms with van der Waals surface area (Å²) in [6.45, 7) is 0. The molecule has 0 unspecified atom stereocenters. The minimum Gasteiger partial charge on any atom is -0.481 e. The quantitative estimate of drug-likeness (QED) is 0.788. The number of nitrogens with zero attached hydrogens (tertiary/aromatic N) is 3. The molecular formula is C15H13N3O2. The Kier molecular flexibility index (Phi) is 3.16. The Labute approximate surface area is 115 Å². The van der Waals surface area contributed by atoms with Gasteiger partial charge in [-0.1, -0.05) is 41.6 Å². The molecule has 2 aromatic carbocycles. The Bertz CT molecular complexity index is 759. The summed E-state index contributed by atoms with van der Waals surface area (Å²) < 4.78 is 1.69. The van der Waals surface area contributed by atoms with Crippen LogP contribution in [0.25, 0.3) is 16.5 Å². The van der Waals surface area contributed by atoms with Gasteiger partial charge in [-0.3, -0.25) is 4.79 Å². The van der Waals surface area contributed by atoms with Crippen molar-refractivity contribution in [2.75, 3.05) is 0 Å². The molecular weight excluding hydrogens is 254 g/mol. The number of aliphatic carboxylic acids is 1. The van der Waals surface area contributed by atoms with Crippen molar-refractivity contribution < 1.29 is 9.90 Å². The van der Waals surface area contributed by atoms with E-state index in [0.717, 1.165) is 16.5 Å².